The molecule has 1 fully saturated rings. The van der Waals surface area contributed by atoms with E-state index in [1.807, 2.05) is 25.3 Å². The number of hydrogen-bond donors (Lipinski definition) is 3. The van der Waals surface area contributed by atoms with E-state index < -0.39 is 5.91 Å². The Bertz CT molecular complexity index is 1120. The smallest absolute Gasteiger partial charge is 0.252 e. The standard InChI is InChI=1S/C23H31N9O2/c1-4-11-34-23-19(15-27-31(23)3)28-18-12-21(26-14-17(18)22(24)33)29-20-6-5-16(13-25-20)32-9-7-30(2)8-10-32/h5-6,12-15H,4,7-11H2,1-3H3,(H2,24,33)(H2,25,26,28,29). The minimum Gasteiger partial charge on any atom is -0.476 e. The van der Waals surface area contributed by atoms with E-state index in [0.717, 1.165) is 38.3 Å². The van der Waals surface area contributed by atoms with Gasteiger partial charge in [-0.25, -0.2) is 14.6 Å². The summed E-state index contributed by atoms with van der Waals surface area (Å²) in [5.41, 5.74) is 8.05. The lowest BCUT2D eigenvalue weighted by atomic mass is 10.2. The first kappa shape index (κ1) is 23.3. The molecule has 34 heavy (non-hydrogen) atoms. The fourth-order valence-electron chi connectivity index (χ4n) is 3.69. The molecule has 3 aromatic rings. The van der Waals surface area contributed by atoms with Crippen molar-refractivity contribution >= 4 is 34.6 Å². The molecule has 0 aliphatic carbocycles. The third kappa shape index (κ3) is 5.37. The van der Waals surface area contributed by atoms with E-state index in [4.69, 9.17) is 10.5 Å². The second kappa shape index (κ2) is 10.4. The van der Waals surface area contributed by atoms with Crippen LogP contribution in [-0.4, -0.2) is 70.4 Å². The zero-order valence-electron chi connectivity index (χ0n) is 19.8. The van der Waals surface area contributed by atoms with Gasteiger partial charge in [0.2, 0.25) is 5.88 Å². The number of carbonyl (C=O) groups is 1. The van der Waals surface area contributed by atoms with Crippen LogP contribution in [0, 0.1) is 0 Å². The summed E-state index contributed by atoms with van der Waals surface area (Å²) in [6.07, 6.45) is 5.80. The van der Waals surface area contributed by atoms with E-state index in [0.29, 0.717) is 35.5 Å². The van der Waals surface area contributed by atoms with Gasteiger partial charge in [-0.05, 0) is 25.6 Å². The number of amides is 1. The number of anilines is 5. The molecule has 1 aliphatic rings. The molecule has 4 N–H and O–H groups in total. The van der Waals surface area contributed by atoms with Crippen LogP contribution in [0.4, 0.5) is 28.7 Å². The van der Waals surface area contributed by atoms with Crippen molar-refractivity contribution in [1.29, 1.82) is 0 Å². The number of likely N-dealkylation sites (N-methyl/N-ethyl adjacent to an activating group) is 1. The van der Waals surface area contributed by atoms with Crippen LogP contribution in [-0.2, 0) is 7.05 Å². The van der Waals surface area contributed by atoms with Gasteiger partial charge in [0, 0.05) is 45.5 Å². The van der Waals surface area contributed by atoms with Gasteiger partial charge in [-0.1, -0.05) is 6.92 Å². The first-order valence-electron chi connectivity index (χ1n) is 11.3. The zero-order chi connectivity index (χ0) is 24.1. The summed E-state index contributed by atoms with van der Waals surface area (Å²) < 4.78 is 7.43. The largest absolute Gasteiger partial charge is 0.476 e. The number of rotatable bonds is 9. The van der Waals surface area contributed by atoms with Gasteiger partial charge in [-0.2, -0.15) is 5.10 Å². The molecule has 0 atom stereocenters. The van der Waals surface area contributed by atoms with Crippen molar-refractivity contribution in [2.45, 2.75) is 13.3 Å². The molecule has 3 aromatic heterocycles. The topological polar surface area (TPSA) is 126 Å². The molecule has 11 heteroatoms. The van der Waals surface area contributed by atoms with Gasteiger partial charge in [0.05, 0.1) is 35.9 Å². The van der Waals surface area contributed by atoms with Crippen LogP contribution in [0.25, 0.3) is 0 Å². The summed E-state index contributed by atoms with van der Waals surface area (Å²) in [5, 5.41) is 10.7. The lowest BCUT2D eigenvalue weighted by molar-refractivity contribution is 0.100. The molecular weight excluding hydrogens is 434 g/mol. The third-order valence-corrected chi connectivity index (χ3v) is 5.64. The average Bonchev–Trinajstić information content (AvgIpc) is 3.17. The van der Waals surface area contributed by atoms with Gasteiger partial charge < -0.3 is 30.9 Å². The Morgan fingerprint density at radius 3 is 2.47 bits per heavy atom. The Morgan fingerprint density at radius 2 is 1.79 bits per heavy atom. The second-order valence-electron chi connectivity index (χ2n) is 8.26. The maximum absolute atomic E-state index is 12.0. The predicted octanol–water partition coefficient (Wildman–Crippen LogP) is 2.34. The van der Waals surface area contributed by atoms with E-state index in [-0.39, 0.29) is 5.56 Å². The van der Waals surface area contributed by atoms with Crippen LogP contribution >= 0.6 is 0 Å². The molecule has 4 heterocycles. The predicted molar refractivity (Wildman–Crippen MR) is 132 cm³/mol. The first-order chi connectivity index (χ1) is 16.4. The Hall–Kier alpha value is -3.86. The molecular formula is C23H31N9O2. The highest BCUT2D eigenvalue weighted by atomic mass is 16.5. The Labute approximate surface area is 198 Å². The van der Waals surface area contributed by atoms with Crippen molar-refractivity contribution in [2.24, 2.45) is 12.8 Å². The van der Waals surface area contributed by atoms with E-state index in [9.17, 15) is 4.79 Å². The number of piperazine rings is 1. The van der Waals surface area contributed by atoms with Crippen molar-refractivity contribution in [3.63, 3.8) is 0 Å². The molecule has 0 bridgehead atoms. The van der Waals surface area contributed by atoms with Crippen molar-refractivity contribution in [3.05, 3.63) is 42.4 Å². The molecule has 180 valence electrons. The number of hydrogen-bond acceptors (Lipinski definition) is 9. The maximum Gasteiger partial charge on any atom is 0.252 e. The fraction of sp³-hybridized carbons (Fsp3) is 0.391. The third-order valence-electron chi connectivity index (χ3n) is 5.64. The van der Waals surface area contributed by atoms with Crippen molar-refractivity contribution in [2.75, 3.05) is 55.4 Å². The summed E-state index contributed by atoms with van der Waals surface area (Å²) in [7, 11) is 3.93. The van der Waals surface area contributed by atoms with E-state index >= 15 is 0 Å². The number of carbonyl (C=O) groups excluding carboxylic acids is 1. The van der Waals surface area contributed by atoms with Crippen LogP contribution < -0.4 is 26.0 Å². The van der Waals surface area contributed by atoms with Gasteiger partial charge in [-0.15, -0.1) is 0 Å². The van der Waals surface area contributed by atoms with Crippen molar-refractivity contribution in [1.82, 2.24) is 24.6 Å². The van der Waals surface area contributed by atoms with Crippen LogP contribution in [0.5, 0.6) is 5.88 Å². The summed E-state index contributed by atoms with van der Waals surface area (Å²) >= 11 is 0. The minimum absolute atomic E-state index is 0.259. The molecule has 11 nitrogen and oxygen atoms in total. The number of primary amides is 1. The Morgan fingerprint density at radius 1 is 1.03 bits per heavy atom. The number of aromatic nitrogens is 4. The zero-order valence-corrected chi connectivity index (χ0v) is 19.8. The molecule has 0 unspecified atom stereocenters. The van der Waals surface area contributed by atoms with Gasteiger partial charge in [0.25, 0.3) is 5.91 Å². The lowest BCUT2D eigenvalue weighted by Gasteiger charge is -2.33. The molecule has 0 spiro atoms. The summed E-state index contributed by atoms with van der Waals surface area (Å²) in [4.78, 5) is 25.5. The maximum atomic E-state index is 12.0. The van der Waals surface area contributed by atoms with Crippen molar-refractivity contribution in [3.8, 4) is 5.88 Å². The highest BCUT2D eigenvalue weighted by molar-refractivity contribution is 5.99. The number of nitrogens with two attached hydrogens (primary N) is 1. The monoisotopic (exact) mass is 465 g/mol. The molecule has 0 saturated carbocycles. The fourth-order valence-corrected chi connectivity index (χ4v) is 3.69. The Kier molecular flexibility index (Phi) is 7.12. The normalized spacial score (nSPS) is 14.1. The summed E-state index contributed by atoms with van der Waals surface area (Å²) in [5.74, 6) is 1.16. The highest BCUT2D eigenvalue weighted by Gasteiger charge is 2.17. The average molecular weight is 466 g/mol. The van der Waals surface area contributed by atoms with E-state index in [1.165, 1.54) is 6.20 Å². The molecule has 0 radical (unpaired) electrons. The number of nitrogens with zero attached hydrogens (tertiary/aromatic N) is 6. The van der Waals surface area contributed by atoms with Gasteiger partial charge in [0.15, 0.2) is 0 Å². The van der Waals surface area contributed by atoms with Crippen LogP contribution in [0.15, 0.2) is 36.8 Å². The molecule has 1 amide bonds. The molecule has 0 aromatic carbocycles. The lowest BCUT2D eigenvalue weighted by Crippen LogP contribution is -2.44. The quantitative estimate of drug-likeness (QED) is 0.436. The Balaban J connectivity index is 1.52. The first-order valence-corrected chi connectivity index (χ1v) is 11.3. The van der Waals surface area contributed by atoms with E-state index in [2.05, 4.69) is 42.5 Å². The number of pyridine rings is 2. The highest BCUT2D eigenvalue weighted by Crippen LogP contribution is 2.30. The molecule has 4 rings (SSSR count). The molecule has 1 saturated heterocycles. The van der Waals surface area contributed by atoms with E-state index in [1.54, 1.807) is 24.0 Å². The van der Waals surface area contributed by atoms with Gasteiger partial charge in [-0.3, -0.25) is 4.79 Å². The van der Waals surface area contributed by atoms with Gasteiger partial charge >= 0.3 is 0 Å². The second-order valence-corrected chi connectivity index (χ2v) is 8.26. The number of aryl methyl sites for hydroxylation is 1. The van der Waals surface area contributed by atoms with Crippen LogP contribution in [0.2, 0.25) is 0 Å². The van der Waals surface area contributed by atoms with Crippen LogP contribution in [0.1, 0.15) is 23.7 Å². The number of nitrogens with one attached hydrogen (secondary N) is 2. The van der Waals surface area contributed by atoms with Crippen LogP contribution in [0.3, 0.4) is 0 Å². The van der Waals surface area contributed by atoms with Gasteiger partial charge in [0.1, 0.15) is 17.3 Å². The molecule has 1 aliphatic heterocycles. The number of ether oxygens (including phenoxy) is 1. The van der Waals surface area contributed by atoms with Crippen molar-refractivity contribution < 1.29 is 9.53 Å². The minimum atomic E-state index is -0.587. The SMILES string of the molecule is CCCOc1c(Nc2cc(Nc3ccc(N4CCN(C)CC4)cn3)ncc2C(N)=O)cnn1C. The summed E-state index contributed by atoms with van der Waals surface area (Å²) in [6.45, 7) is 6.61. The summed E-state index contributed by atoms with van der Waals surface area (Å²) in [6, 6.07) is 5.68.